The second-order valence-electron chi connectivity index (χ2n) is 5.26. The molecule has 1 saturated heterocycles. The molecule has 2 atom stereocenters. The summed E-state index contributed by atoms with van der Waals surface area (Å²) in [5.41, 5.74) is 4.15. The molecule has 18 heavy (non-hydrogen) atoms. The standard InChI is InChI=1S/C14H15N3S/c1-17-12-5-8-6-15-11-4-2-3-9(13(8)11)10(12)7-16-14(17)18/h2-4,6,10,12,15H,5,7H2,1H3,(H,16,18)/t10-,12-/m1/s1. The van der Waals surface area contributed by atoms with Crippen molar-refractivity contribution in [3.05, 3.63) is 35.5 Å². The first-order valence-corrected chi connectivity index (χ1v) is 6.76. The first kappa shape index (κ1) is 10.4. The molecule has 0 bridgehead atoms. The van der Waals surface area contributed by atoms with Gasteiger partial charge >= 0.3 is 0 Å². The van der Waals surface area contributed by atoms with Crippen molar-refractivity contribution < 1.29 is 0 Å². The quantitative estimate of drug-likeness (QED) is 0.708. The molecule has 0 saturated carbocycles. The van der Waals surface area contributed by atoms with E-state index in [1.165, 1.54) is 22.0 Å². The van der Waals surface area contributed by atoms with Crippen LogP contribution in [0.25, 0.3) is 10.9 Å². The molecule has 1 aliphatic heterocycles. The first-order valence-electron chi connectivity index (χ1n) is 6.35. The van der Waals surface area contributed by atoms with E-state index in [0.717, 1.165) is 18.1 Å². The lowest BCUT2D eigenvalue weighted by Crippen LogP contribution is -2.55. The second-order valence-corrected chi connectivity index (χ2v) is 5.65. The molecule has 0 unspecified atom stereocenters. The van der Waals surface area contributed by atoms with Crippen LogP contribution in [0.3, 0.4) is 0 Å². The highest BCUT2D eigenvalue weighted by Gasteiger charge is 2.37. The van der Waals surface area contributed by atoms with Gasteiger partial charge in [0.1, 0.15) is 0 Å². The molecule has 92 valence electrons. The van der Waals surface area contributed by atoms with E-state index in [0.29, 0.717) is 12.0 Å². The van der Waals surface area contributed by atoms with Crippen LogP contribution in [-0.2, 0) is 6.42 Å². The number of benzene rings is 1. The molecule has 2 N–H and O–H groups in total. The minimum atomic E-state index is 0.493. The Morgan fingerprint density at radius 1 is 1.39 bits per heavy atom. The number of rotatable bonds is 0. The number of thiocarbonyl (C=S) groups is 1. The number of aromatic amines is 1. The van der Waals surface area contributed by atoms with E-state index >= 15 is 0 Å². The molecule has 1 aromatic heterocycles. The van der Waals surface area contributed by atoms with Crippen molar-refractivity contribution in [2.75, 3.05) is 13.6 Å². The molecule has 0 amide bonds. The molecule has 2 aliphatic rings. The lowest BCUT2D eigenvalue weighted by molar-refractivity contribution is 0.273. The summed E-state index contributed by atoms with van der Waals surface area (Å²) in [4.78, 5) is 5.60. The Hall–Kier alpha value is -1.55. The number of aromatic nitrogens is 1. The molecule has 3 nitrogen and oxygen atoms in total. The number of hydrogen-bond donors (Lipinski definition) is 2. The minimum absolute atomic E-state index is 0.493. The monoisotopic (exact) mass is 257 g/mol. The predicted octanol–water partition coefficient (Wildman–Crippen LogP) is 2.00. The van der Waals surface area contributed by atoms with Crippen LogP contribution < -0.4 is 5.32 Å². The first-order chi connectivity index (χ1) is 8.75. The maximum atomic E-state index is 5.36. The fraction of sp³-hybridized carbons (Fsp3) is 0.357. The van der Waals surface area contributed by atoms with Gasteiger partial charge in [-0.3, -0.25) is 0 Å². The summed E-state index contributed by atoms with van der Waals surface area (Å²) in [5.74, 6) is 0.536. The van der Waals surface area contributed by atoms with Crippen LogP contribution in [0.15, 0.2) is 24.4 Å². The van der Waals surface area contributed by atoms with Crippen molar-refractivity contribution in [2.24, 2.45) is 0 Å². The zero-order chi connectivity index (χ0) is 12.3. The Bertz CT molecular complexity index is 646. The van der Waals surface area contributed by atoms with Crippen molar-refractivity contribution in [1.82, 2.24) is 15.2 Å². The maximum Gasteiger partial charge on any atom is 0.168 e. The normalized spacial score (nSPS) is 26.1. The number of H-pyrrole nitrogens is 1. The molecule has 4 rings (SSSR count). The van der Waals surface area contributed by atoms with Gasteiger partial charge in [0.05, 0.1) is 0 Å². The van der Waals surface area contributed by atoms with Crippen LogP contribution in [0.1, 0.15) is 17.0 Å². The zero-order valence-corrected chi connectivity index (χ0v) is 11.1. The molecule has 1 aliphatic carbocycles. The van der Waals surface area contributed by atoms with E-state index in [4.69, 9.17) is 12.2 Å². The fourth-order valence-corrected chi connectivity index (χ4v) is 3.67. The van der Waals surface area contributed by atoms with E-state index < -0.39 is 0 Å². The van der Waals surface area contributed by atoms with Gasteiger partial charge in [-0.2, -0.15) is 0 Å². The number of nitrogens with zero attached hydrogens (tertiary/aromatic N) is 1. The Morgan fingerprint density at radius 3 is 3.17 bits per heavy atom. The van der Waals surface area contributed by atoms with Crippen LogP contribution in [-0.4, -0.2) is 34.6 Å². The third-order valence-corrected chi connectivity index (χ3v) is 4.84. The van der Waals surface area contributed by atoms with Crippen LogP contribution in [0, 0.1) is 0 Å². The Labute approximate surface area is 111 Å². The number of nitrogens with one attached hydrogen (secondary N) is 2. The third kappa shape index (κ3) is 1.21. The SMILES string of the molecule is CN1C(=S)NC[C@@H]2c3cccc4[nH]cc(c34)C[C@H]21. The molecule has 1 aromatic carbocycles. The van der Waals surface area contributed by atoms with Crippen LogP contribution in [0.2, 0.25) is 0 Å². The Balaban J connectivity index is 1.93. The van der Waals surface area contributed by atoms with Gasteiger partial charge in [-0.25, -0.2) is 0 Å². The summed E-state index contributed by atoms with van der Waals surface area (Å²) in [5, 5.41) is 5.65. The zero-order valence-electron chi connectivity index (χ0n) is 10.2. The Kier molecular flexibility index (Phi) is 2.01. The van der Waals surface area contributed by atoms with E-state index in [-0.39, 0.29) is 0 Å². The maximum absolute atomic E-state index is 5.36. The summed E-state index contributed by atoms with van der Waals surface area (Å²) in [7, 11) is 2.10. The van der Waals surface area contributed by atoms with E-state index in [9.17, 15) is 0 Å². The van der Waals surface area contributed by atoms with Gasteiger partial charge in [-0.15, -0.1) is 0 Å². The van der Waals surface area contributed by atoms with Gasteiger partial charge in [-0.05, 0) is 35.8 Å². The van der Waals surface area contributed by atoms with Gasteiger partial charge in [0, 0.05) is 42.7 Å². The number of likely N-dealkylation sites (N-methyl/N-ethyl adjacent to an activating group) is 1. The van der Waals surface area contributed by atoms with Gasteiger partial charge in [0.25, 0.3) is 0 Å². The highest BCUT2D eigenvalue weighted by molar-refractivity contribution is 7.80. The number of hydrogen-bond acceptors (Lipinski definition) is 1. The summed E-state index contributed by atoms with van der Waals surface area (Å²) < 4.78 is 0. The van der Waals surface area contributed by atoms with E-state index in [2.05, 4.69) is 46.6 Å². The predicted molar refractivity (Wildman–Crippen MR) is 76.9 cm³/mol. The largest absolute Gasteiger partial charge is 0.362 e. The molecular weight excluding hydrogens is 242 g/mol. The van der Waals surface area contributed by atoms with E-state index in [1.54, 1.807) is 0 Å². The molecular formula is C14H15N3S. The lowest BCUT2D eigenvalue weighted by Gasteiger charge is -2.44. The summed E-state index contributed by atoms with van der Waals surface area (Å²) >= 11 is 5.36. The second kappa shape index (κ2) is 3.48. The summed E-state index contributed by atoms with van der Waals surface area (Å²) in [6, 6.07) is 7.06. The highest BCUT2D eigenvalue weighted by Crippen LogP contribution is 2.39. The molecule has 2 aromatic rings. The van der Waals surface area contributed by atoms with Gasteiger partial charge in [0.2, 0.25) is 0 Å². The average molecular weight is 257 g/mol. The lowest BCUT2D eigenvalue weighted by atomic mass is 9.78. The smallest absolute Gasteiger partial charge is 0.168 e. The topological polar surface area (TPSA) is 31.1 Å². The summed E-state index contributed by atoms with van der Waals surface area (Å²) in [6.07, 6.45) is 3.24. The van der Waals surface area contributed by atoms with Gasteiger partial charge in [-0.1, -0.05) is 12.1 Å². The number of fused-ring (bicyclic) bond motifs is 2. The highest BCUT2D eigenvalue weighted by atomic mass is 32.1. The molecule has 2 heterocycles. The van der Waals surface area contributed by atoms with Crippen LogP contribution in [0.4, 0.5) is 0 Å². The van der Waals surface area contributed by atoms with Crippen molar-refractivity contribution in [3.8, 4) is 0 Å². The van der Waals surface area contributed by atoms with Crippen LogP contribution >= 0.6 is 12.2 Å². The van der Waals surface area contributed by atoms with Crippen molar-refractivity contribution in [2.45, 2.75) is 18.4 Å². The molecule has 0 spiro atoms. The molecule has 0 radical (unpaired) electrons. The molecule has 1 fully saturated rings. The van der Waals surface area contributed by atoms with Crippen molar-refractivity contribution >= 4 is 28.2 Å². The fourth-order valence-electron chi connectivity index (χ4n) is 3.46. The van der Waals surface area contributed by atoms with Gasteiger partial charge < -0.3 is 15.2 Å². The minimum Gasteiger partial charge on any atom is -0.362 e. The van der Waals surface area contributed by atoms with E-state index in [1.807, 2.05) is 0 Å². The van der Waals surface area contributed by atoms with Gasteiger partial charge in [0.15, 0.2) is 5.11 Å². The molecule has 4 heteroatoms. The Morgan fingerprint density at radius 2 is 2.28 bits per heavy atom. The van der Waals surface area contributed by atoms with Crippen LogP contribution in [0.5, 0.6) is 0 Å². The summed E-state index contributed by atoms with van der Waals surface area (Å²) in [6.45, 7) is 0.956. The van der Waals surface area contributed by atoms with Crippen molar-refractivity contribution in [3.63, 3.8) is 0 Å². The van der Waals surface area contributed by atoms with Crippen molar-refractivity contribution in [1.29, 1.82) is 0 Å². The third-order valence-electron chi connectivity index (χ3n) is 4.40. The average Bonchev–Trinajstić information content (AvgIpc) is 2.80.